The Morgan fingerprint density at radius 3 is 1.09 bits per heavy atom. The minimum absolute atomic E-state index is 0. The minimum atomic E-state index is -2.85. The summed E-state index contributed by atoms with van der Waals surface area (Å²) in [4.78, 5) is 61.0. The van der Waals surface area contributed by atoms with Gasteiger partial charge in [0, 0.05) is 143 Å². The van der Waals surface area contributed by atoms with Crippen molar-refractivity contribution in [2.45, 2.75) is 132 Å². The van der Waals surface area contributed by atoms with E-state index in [0.717, 1.165) is 65.4 Å². The third kappa shape index (κ3) is 24.1. The summed E-state index contributed by atoms with van der Waals surface area (Å²) in [5, 5.41) is 41.3. The van der Waals surface area contributed by atoms with Gasteiger partial charge >= 0.3 is 350 Å². The van der Waals surface area contributed by atoms with E-state index in [1.165, 1.54) is 189 Å². The van der Waals surface area contributed by atoms with Gasteiger partial charge in [0.05, 0.1) is 23.0 Å². The molecule has 24 rings (SSSR count). The summed E-state index contributed by atoms with van der Waals surface area (Å²) in [7, 11) is -3.30. The summed E-state index contributed by atoms with van der Waals surface area (Å²) in [5.74, 6) is -0.250. The number of pyridine rings is 4. The molecule has 2 atom stereocenters. The molecule has 764 valence electrons. The van der Waals surface area contributed by atoms with E-state index >= 15 is 0 Å². The van der Waals surface area contributed by atoms with Gasteiger partial charge in [-0.2, -0.15) is 0 Å². The van der Waals surface area contributed by atoms with Gasteiger partial charge in [0.25, 0.3) is 0 Å². The first-order valence-electron chi connectivity index (χ1n) is 47.7. The molecule has 2 unspecified atom stereocenters. The number of aliphatic hydroxyl groups is 4. The first-order chi connectivity index (χ1) is 69.4. The predicted octanol–water partition coefficient (Wildman–Crippen LogP) is 16.1. The molecule has 8 aliphatic heterocycles. The molecule has 4 N–H and O–H groups in total. The average Bonchev–Trinajstić information content (AvgIpc) is 0.689. The molecule has 0 saturated carbocycles. The Morgan fingerprint density at radius 2 is 0.658 bits per heavy atom. The van der Waals surface area contributed by atoms with E-state index in [0.29, 0.717) is 29.9 Å². The molecule has 0 saturated heterocycles. The molecule has 0 radical (unpaired) electrons. The second kappa shape index (κ2) is 49.0. The van der Waals surface area contributed by atoms with Crippen LogP contribution in [-0.4, -0.2) is 130 Å². The molecule has 149 heavy (non-hydrogen) atoms. The molecule has 8 aliphatic rings. The quantitative estimate of drug-likeness (QED) is 0.0366. The van der Waals surface area contributed by atoms with Crippen molar-refractivity contribution in [1.82, 2.24) is 19.9 Å². The van der Waals surface area contributed by atoms with Crippen molar-refractivity contribution in [1.29, 1.82) is 0 Å². The number of hydrogen-bond acceptors (Lipinski definition) is 14. The van der Waals surface area contributed by atoms with Crippen LogP contribution in [0.2, 0.25) is 0 Å². The molecular formula is C124H108BN5O9P2Pt4Se4-4. The zero-order chi connectivity index (χ0) is 103. The normalized spacial score (nSPS) is 15.6. The molecule has 0 bridgehead atoms. The Labute approximate surface area is 958 Å². The zero-order valence-electron chi connectivity index (χ0n) is 84.8. The van der Waals surface area contributed by atoms with Gasteiger partial charge in [0.15, 0.2) is 29.8 Å². The van der Waals surface area contributed by atoms with Crippen molar-refractivity contribution in [3.8, 4) is 45.0 Å². The Bertz CT molecular complexity index is 7330. The number of carbonyl (C=O) groups excluding carboxylic acids is 4. The third-order valence-electron chi connectivity index (χ3n) is 26.2. The van der Waals surface area contributed by atoms with Gasteiger partial charge in [-0.15, -0.1) is 52.0 Å². The van der Waals surface area contributed by atoms with Gasteiger partial charge < -0.3 is 35.3 Å². The molecule has 0 fully saturated rings. The van der Waals surface area contributed by atoms with E-state index in [1.807, 2.05) is 79.4 Å². The van der Waals surface area contributed by atoms with Crippen molar-refractivity contribution in [2.75, 3.05) is 4.90 Å². The Balaban J connectivity index is 0.000000151. The topological polar surface area (TPSA) is 221 Å². The summed E-state index contributed by atoms with van der Waals surface area (Å²) in [6, 6.07) is 119. The molecular weight excluding hydrogens is 2870 g/mol. The number of rotatable bonds is 8. The Morgan fingerprint density at radius 1 is 0.336 bits per heavy atom. The van der Waals surface area contributed by atoms with Crippen LogP contribution >= 0.6 is 15.1 Å². The number of fused-ring (bicyclic) bond motifs is 16. The van der Waals surface area contributed by atoms with E-state index in [-0.39, 0.29) is 189 Å². The maximum absolute atomic E-state index is 14.8. The standard InChI is InChI=1S/C29H25BN.C29H25N2.C23H13NOPSe2.C23H13NPSe2.4C5H8O2.4Pt/c1-28(2)20-11-5-7-13-24(20)30-25-14-8-6-12-21(25)29(3,4)23-18-19(17-22(28)27(23)30)26-15-9-10-16-31-26;1-28(2)20-11-5-7-14-25(20)31-26-15-8-6-12-21(26)29(3,4)23-18-19(17-22(28)27(23)31)24-13-9-10-16-30-24;25-26-17-8-1-3-10-19(17)27-21-13-15(16-7-5-6-12-24-16)14-22(23(21)26)28-20-11-4-2-9-18(20)26;1-3-10-19-17(8-1)25-18-9-2-4-11-20(18)27-22-14-15(13-21(26-19)23(22)25)16-7-5-6-12-24-16;4*1-4(6)3-5(2)7;;;;/h2*5-17H,1-4H3;1-13H;1-13H;4*3,6H,1-2H3;;;;/q4*-1;;;;;;;;. The van der Waals surface area contributed by atoms with Gasteiger partial charge in [-0.05, 0) is 130 Å². The number of aliphatic hydroxyl groups excluding tert-OH is 4. The number of allylic oxidation sites excluding steroid dienone is 8. The first-order valence-corrected chi connectivity index (χ1v) is 57.6. The second-order valence-electron chi connectivity index (χ2n) is 38.3. The van der Waals surface area contributed by atoms with Gasteiger partial charge in [0.1, 0.15) is 0 Å². The monoisotopic (exact) mass is 2980 g/mol. The molecule has 0 amide bonds. The summed E-state index contributed by atoms with van der Waals surface area (Å²) in [5.41, 5.74) is 26.7. The van der Waals surface area contributed by atoms with Gasteiger partial charge in [-0.3, -0.25) is 19.2 Å². The van der Waals surface area contributed by atoms with Crippen LogP contribution in [0.3, 0.4) is 0 Å². The summed E-state index contributed by atoms with van der Waals surface area (Å²) < 4.78 is 25.7. The Kier molecular flexibility index (Phi) is 38.0. The van der Waals surface area contributed by atoms with E-state index in [4.69, 9.17) is 20.4 Å². The molecule has 12 aromatic carbocycles. The van der Waals surface area contributed by atoms with Crippen LogP contribution in [0, 0.1) is 24.3 Å². The predicted molar refractivity (Wildman–Crippen MR) is 601 cm³/mol. The number of anilines is 3. The van der Waals surface area contributed by atoms with Crippen LogP contribution in [0.5, 0.6) is 0 Å². The molecule has 12 heterocycles. The van der Waals surface area contributed by atoms with E-state index in [9.17, 15) is 23.7 Å². The van der Waals surface area contributed by atoms with Gasteiger partial charge in [-0.25, -0.2) is 0 Å². The van der Waals surface area contributed by atoms with Gasteiger partial charge in [0.2, 0.25) is 0 Å². The van der Waals surface area contributed by atoms with Crippen LogP contribution < -0.4 is 88.8 Å². The average molecular weight is 2980 g/mol. The van der Waals surface area contributed by atoms with Crippen molar-refractivity contribution in [3.63, 3.8) is 0 Å². The molecule has 14 nitrogen and oxygen atoms in total. The van der Waals surface area contributed by atoms with Crippen LogP contribution in [0.15, 0.2) is 363 Å². The van der Waals surface area contributed by atoms with E-state index in [1.54, 1.807) is 15.9 Å². The molecule has 25 heteroatoms. The first kappa shape index (κ1) is 116. The van der Waals surface area contributed by atoms with E-state index in [2.05, 4.69) is 341 Å². The fraction of sp³-hybridized carbons (Fsp3) is 0.161. The number of para-hydroxylation sites is 2. The number of hydrogen-bond donors (Lipinski definition) is 4. The zero-order valence-corrected chi connectivity index (χ0v) is 102. The molecule has 0 spiro atoms. The molecule has 0 aliphatic carbocycles. The number of carbonyl (C=O) groups is 4. The van der Waals surface area contributed by atoms with Crippen molar-refractivity contribution in [3.05, 3.63) is 432 Å². The number of aromatic nitrogens is 4. The number of benzene rings is 12. The van der Waals surface area contributed by atoms with Crippen molar-refractivity contribution in [2.24, 2.45) is 0 Å². The molecule has 16 aromatic rings. The maximum atomic E-state index is 14.8. The SMILES string of the molecule is CC(=O)C=C(C)O.CC(=O)C=C(C)O.CC(=O)C=C(C)O.CC(=O)C=C(C)O.CC1(C)c2[c-]c(-c3ccccn3)cc3c2B(c2ccccc21)c1ccccc1C3(C)C.CC1(C)c2[c-]c(-c3ccccn3)cc3c2N(c2ccccc21)c1ccccc1C3(C)C.O=P12c3ccccc3[Se]c3[c-]c(-c4ccccn4)cc(c31)[Se]c1ccccc12.[Pt].[Pt].[Pt].[Pt].[c-]1c(-c2ccccn2)cc2c3c1[Se]c1ccccc1P3c1ccccc1[Se]2. The summed E-state index contributed by atoms with van der Waals surface area (Å²) in [6.45, 7) is 30.4. The van der Waals surface area contributed by atoms with Crippen LogP contribution in [-0.2, 0) is 130 Å². The molecule has 4 aromatic heterocycles. The fourth-order valence-corrected chi connectivity index (χ4v) is 41.0. The number of ketones is 4. The fourth-order valence-electron chi connectivity index (χ4n) is 20.0. The second-order valence-corrected chi connectivity index (χ2v) is 52.0. The van der Waals surface area contributed by atoms with Crippen molar-refractivity contribution >= 4 is 206 Å². The summed E-state index contributed by atoms with van der Waals surface area (Å²) in [6.07, 6.45) is 12.1. The van der Waals surface area contributed by atoms with Crippen LogP contribution in [0.1, 0.15) is 155 Å². The van der Waals surface area contributed by atoms with Crippen LogP contribution in [0.4, 0.5) is 17.1 Å². The summed E-state index contributed by atoms with van der Waals surface area (Å²) >= 11 is 0.893. The van der Waals surface area contributed by atoms with Crippen LogP contribution in [0.25, 0.3) is 45.0 Å². The van der Waals surface area contributed by atoms with E-state index < -0.39 is 15.1 Å². The van der Waals surface area contributed by atoms with Gasteiger partial charge in [-0.1, -0.05) is 187 Å². The van der Waals surface area contributed by atoms with Crippen molar-refractivity contribution < 1.29 is 128 Å². The third-order valence-corrected chi connectivity index (χ3v) is 44.0. The number of nitrogens with zero attached hydrogens (tertiary/aromatic N) is 5. The Hall–Kier alpha value is -10.6.